The third-order valence-electron chi connectivity index (χ3n) is 3.17. The van der Waals surface area contributed by atoms with Gasteiger partial charge in [0.15, 0.2) is 0 Å². The van der Waals surface area contributed by atoms with Gasteiger partial charge in [0.2, 0.25) is 0 Å². The molecular formula is C13H20ClN. The first-order chi connectivity index (χ1) is 7.22. The monoisotopic (exact) mass is 225 g/mol. The van der Waals surface area contributed by atoms with Gasteiger partial charge in [0.1, 0.15) is 0 Å². The lowest BCUT2D eigenvalue weighted by molar-refractivity contribution is 0.402. The lowest BCUT2D eigenvalue weighted by Crippen LogP contribution is -2.20. The van der Waals surface area contributed by atoms with Crippen LogP contribution in [0.2, 0.25) is 5.02 Å². The van der Waals surface area contributed by atoms with Gasteiger partial charge in [-0.2, -0.15) is 0 Å². The van der Waals surface area contributed by atoms with Crippen molar-refractivity contribution in [3.63, 3.8) is 0 Å². The van der Waals surface area contributed by atoms with Crippen molar-refractivity contribution in [1.29, 1.82) is 0 Å². The average Bonchev–Trinajstić information content (AvgIpc) is 2.27. The van der Waals surface area contributed by atoms with Crippen molar-refractivity contribution in [2.45, 2.75) is 32.6 Å². The summed E-state index contributed by atoms with van der Waals surface area (Å²) < 4.78 is 0. The second-order valence-electron chi connectivity index (χ2n) is 3.97. The Kier molecular flexibility index (Phi) is 5.13. The fourth-order valence-electron chi connectivity index (χ4n) is 2.17. The van der Waals surface area contributed by atoms with Crippen molar-refractivity contribution >= 4 is 11.6 Å². The highest BCUT2D eigenvalue weighted by atomic mass is 35.5. The highest BCUT2D eigenvalue weighted by molar-refractivity contribution is 6.30. The van der Waals surface area contributed by atoms with Crippen LogP contribution >= 0.6 is 11.6 Å². The summed E-state index contributed by atoms with van der Waals surface area (Å²) in [4.78, 5) is 0. The fraction of sp³-hybridized carbons (Fsp3) is 0.538. The van der Waals surface area contributed by atoms with Gasteiger partial charge in [-0.1, -0.05) is 50.4 Å². The summed E-state index contributed by atoms with van der Waals surface area (Å²) in [7, 11) is 0. The van der Waals surface area contributed by atoms with Gasteiger partial charge in [-0.3, -0.25) is 0 Å². The van der Waals surface area contributed by atoms with Crippen molar-refractivity contribution in [2.75, 3.05) is 6.54 Å². The van der Waals surface area contributed by atoms with Gasteiger partial charge in [0, 0.05) is 5.02 Å². The Balaban J connectivity index is 2.86. The Labute approximate surface area is 97.6 Å². The SMILES string of the molecule is CCC(CC)C(CN)c1ccc(Cl)cc1. The minimum absolute atomic E-state index is 0.470. The second-order valence-corrected chi connectivity index (χ2v) is 4.41. The topological polar surface area (TPSA) is 26.0 Å². The van der Waals surface area contributed by atoms with Crippen LogP contribution in [0.5, 0.6) is 0 Å². The highest BCUT2D eigenvalue weighted by Crippen LogP contribution is 2.29. The maximum Gasteiger partial charge on any atom is 0.0406 e. The minimum Gasteiger partial charge on any atom is -0.330 e. The smallest absolute Gasteiger partial charge is 0.0406 e. The summed E-state index contributed by atoms with van der Waals surface area (Å²) in [6.45, 7) is 5.17. The maximum atomic E-state index is 5.88. The summed E-state index contributed by atoms with van der Waals surface area (Å²) >= 11 is 5.88. The number of halogens is 1. The van der Waals surface area contributed by atoms with Gasteiger partial charge in [0.05, 0.1) is 0 Å². The van der Waals surface area contributed by atoms with Crippen LogP contribution in [0.15, 0.2) is 24.3 Å². The van der Waals surface area contributed by atoms with Crippen LogP contribution in [-0.4, -0.2) is 6.54 Å². The van der Waals surface area contributed by atoms with E-state index in [-0.39, 0.29) is 0 Å². The van der Waals surface area contributed by atoms with Gasteiger partial charge in [0.25, 0.3) is 0 Å². The lowest BCUT2D eigenvalue weighted by Gasteiger charge is -2.24. The van der Waals surface area contributed by atoms with E-state index in [9.17, 15) is 0 Å². The molecule has 0 aliphatic carbocycles. The van der Waals surface area contributed by atoms with Crippen molar-refractivity contribution in [1.82, 2.24) is 0 Å². The molecule has 2 N–H and O–H groups in total. The molecule has 0 heterocycles. The first kappa shape index (κ1) is 12.5. The predicted molar refractivity (Wildman–Crippen MR) is 67.3 cm³/mol. The van der Waals surface area contributed by atoms with E-state index in [0.29, 0.717) is 18.4 Å². The summed E-state index contributed by atoms with van der Waals surface area (Å²) in [6, 6.07) is 8.08. The number of hydrogen-bond acceptors (Lipinski definition) is 1. The Hall–Kier alpha value is -0.530. The molecule has 0 saturated carbocycles. The third-order valence-corrected chi connectivity index (χ3v) is 3.42. The summed E-state index contributed by atoms with van der Waals surface area (Å²) in [5.41, 5.74) is 7.18. The predicted octanol–water partition coefficient (Wildman–Crippen LogP) is 3.82. The van der Waals surface area contributed by atoms with Crippen LogP contribution in [-0.2, 0) is 0 Å². The van der Waals surface area contributed by atoms with Crippen molar-refractivity contribution in [2.24, 2.45) is 11.7 Å². The van der Waals surface area contributed by atoms with Crippen LogP contribution in [0.3, 0.4) is 0 Å². The van der Waals surface area contributed by atoms with Gasteiger partial charge in [-0.15, -0.1) is 0 Å². The molecule has 1 nitrogen and oxygen atoms in total. The molecule has 1 atom stereocenters. The van der Waals surface area contributed by atoms with E-state index >= 15 is 0 Å². The second kappa shape index (κ2) is 6.14. The standard InChI is InChI=1S/C13H20ClN/c1-3-10(4-2)13(9-15)11-5-7-12(14)8-6-11/h5-8,10,13H,3-4,9,15H2,1-2H3. The van der Waals surface area contributed by atoms with E-state index < -0.39 is 0 Å². The number of nitrogens with two attached hydrogens (primary N) is 1. The molecule has 0 aromatic heterocycles. The van der Waals surface area contributed by atoms with Crippen LogP contribution in [0, 0.1) is 5.92 Å². The van der Waals surface area contributed by atoms with Gasteiger partial charge < -0.3 is 5.73 Å². The Bertz CT molecular complexity index is 277. The Morgan fingerprint density at radius 1 is 1.13 bits per heavy atom. The lowest BCUT2D eigenvalue weighted by atomic mass is 9.83. The Morgan fingerprint density at radius 2 is 1.67 bits per heavy atom. The normalized spacial score (nSPS) is 13.1. The molecule has 0 amide bonds. The maximum absolute atomic E-state index is 5.88. The van der Waals surface area contributed by atoms with Gasteiger partial charge in [-0.05, 0) is 36.1 Å². The minimum atomic E-state index is 0.470. The van der Waals surface area contributed by atoms with Crippen molar-refractivity contribution < 1.29 is 0 Å². The molecule has 1 aromatic rings. The summed E-state index contributed by atoms with van der Waals surface area (Å²) in [5.74, 6) is 1.15. The molecule has 0 bridgehead atoms. The summed E-state index contributed by atoms with van der Waals surface area (Å²) in [6.07, 6.45) is 2.36. The zero-order valence-electron chi connectivity index (χ0n) is 9.54. The van der Waals surface area contributed by atoms with Crippen LogP contribution in [0.4, 0.5) is 0 Å². The molecule has 0 aliphatic rings. The van der Waals surface area contributed by atoms with E-state index in [2.05, 4.69) is 26.0 Å². The molecule has 0 fully saturated rings. The number of hydrogen-bond donors (Lipinski definition) is 1. The first-order valence-electron chi connectivity index (χ1n) is 5.68. The van der Waals surface area contributed by atoms with Crippen molar-refractivity contribution in [3.8, 4) is 0 Å². The van der Waals surface area contributed by atoms with E-state index in [4.69, 9.17) is 17.3 Å². The van der Waals surface area contributed by atoms with Crippen LogP contribution < -0.4 is 5.73 Å². The van der Waals surface area contributed by atoms with Crippen LogP contribution in [0.25, 0.3) is 0 Å². The molecule has 0 radical (unpaired) electrons. The van der Waals surface area contributed by atoms with Gasteiger partial charge in [-0.25, -0.2) is 0 Å². The molecular weight excluding hydrogens is 206 g/mol. The molecule has 0 saturated heterocycles. The molecule has 2 heteroatoms. The van der Waals surface area contributed by atoms with E-state index in [1.165, 1.54) is 18.4 Å². The van der Waals surface area contributed by atoms with Gasteiger partial charge >= 0.3 is 0 Å². The molecule has 84 valence electrons. The van der Waals surface area contributed by atoms with E-state index in [0.717, 1.165) is 5.02 Å². The molecule has 0 spiro atoms. The molecule has 1 unspecified atom stereocenters. The molecule has 0 aliphatic heterocycles. The first-order valence-corrected chi connectivity index (χ1v) is 6.06. The zero-order chi connectivity index (χ0) is 11.3. The molecule has 15 heavy (non-hydrogen) atoms. The molecule has 1 aromatic carbocycles. The van der Waals surface area contributed by atoms with E-state index in [1.54, 1.807) is 0 Å². The third kappa shape index (κ3) is 3.22. The molecule has 1 rings (SSSR count). The quantitative estimate of drug-likeness (QED) is 0.810. The van der Waals surface area contributed by atoms with Crippen molar-refractivity contribution in [3.05, 3.63) is 34.9 Å². The number of benzene rings is 1. The van der Waals surface area contributed by atoms with E-state index in [1.807, 2.05) is 12.1 Å². The summed E-state index contributed by atoms with van der Waals surface area (Å²) in [5, 5.41) is 0.791. The number of rotatable bonds is 5. The average molecular weight is 226 g/mol. The zero-order valence-corrected chi connectivity index (χ0v) is 10.3. The Morgan fingerprint density at radius 3 is 2.07 bits per heavy atom. The highest BCUT2D eigenvalue weighted by Gasteiger charge is 2.18. The largest absolute Gasteiger partial charge is 0.330 e. The van der Waals surface area contributed by atoms with Crippen LogP contribution in [0.1, 0.15) is 38.2 Å². The fourth-order valence-corrected chi connectivity index (χ4v) is 2.29.